The predicted octanol–water partition coefficient (Wildman–Crippen LogP) is 2.12. The van der Waals surface area contributed by atoms with E-state index < -0.39 is 23.8 Å². The molecule has 3 unspecified atom stereocenters. The summed E-state index contributed by atoms with van der Waals surface area (Å²) < 4.78 is 0. The van der Waals surface area contributed by atoms with Crippen LogP contribution in [0.25, 0.3) is 0 Å². The molecule has 6 nitrogen and oxygen atoms in total. The average Bonchev–Trinajstić information content (AvgIpc) is 2.94. The molecule has 146 valence electrons. The fourth-order valence-corrected chi connectivity index (χ4v) is 3.66. The molecule has 1 fully saturated rings. The molecule has 28 heavy (non-hydrogen) atoms. The standard InChI is InChI=1S/C22H24N2O4/c23-18-10-9-15(13-19(18)25)21(26)16-8-4-5-11-24-20(16)17(22(27)28)12-14-6-2-1-3-7-14/h1-8,11,15,17-18,24H,9-10,12-13,23H2,(H,27,28). The van der Waals surface area contributed by atoms with E-state index in [2.05, 4.69) is 5.32 Å². The number of hydrogen-bond acceptors (Lipinski definition) is 5. The van der Waals surface area contributed by atoms with Crippen LogP contribution < -0.4 is 11.1 Å². The minimum Gasteiger partial charge on any atom is -0.481 e. The fourth-order valence-electron chi connectivity index (χ4n) is 3.66. The zero-order chi connectivity index (χ0) is 20.1. The summed E-state index contributed by atoms with van der Waals surface area (Å²) in [4.78, 5) is 37.2. The van der Waals surface area contributed by atoms with Crippen LogP contribution in [-0.4, -0.2) is 28.7 Å². The Kier molecular flexibility index (Phi) is 6.21. The highest BCUT2D eigenvalue weighted by Gasteiger charge is 2.34. The molecule has 1 saturated carbocycles. The molecule has 1 aliphatic carbocycles. The monoisotopic (exact) mass is 380 g/mol. The Bertz CT molecular complexity index is 855. The quantitative estimate of drug-likeness (QED) is 0.697. The molecule has 0 radical (unpaired) electrons. The van der Waals surface area contributed by atoms with Gasteiger partial charge in [0.05, 0.1) is 6.04 Å². The SMILES string of the molecule is NC1CCC(C(=O)C2=C(C(Cc3ccccc3)C(=O)O)NC=CC=C2)CC1=O. The van der Waals surface area contributed by atoms with Gasteiger partial charge in [0.1, 0.15) is 11.7 Å². The van der Waals surface area contributed by atoms with Gasteiger partial charge in [0.2, 0.25) is 0 Å². The van der Waals surface area contributed by atoms with E-state index in [4.69, 9.17) is 5.73 Å². The molecule has 3 atom stereocenters. The van der Waals surface area contributed by atoms with E-state index >= 15 is 0 Å². The molecular formula is C22H24N2O4. The van der Waals surface area contributed by atoms with Gasteiger partial charge < -0.3 is 16.2 Å². The van der Waals surface area contributed by atoms with E-state index in [1.807, 2.05) is 30.3 Å². The first kappa shape index (κ1) is 19.8. The number of carbonyl (C=O) groups excluding carboxylic acids is 2. The van der Waals surface area contributed by atoms with E-state index in [0.29, 0.717) is 24.1 Å². The summed E-state index contributed by atoms with van der Waals surface area (Å²) in [7, 11) is 0. The van der Waals surface area contributed by atoms with Crippen molar-refractivity contribution in [3.8, 4) is 0 Å². The van der Waals surface area contributed by atoms with Gasteiger partial charge in [-0.15, -0.1) is 0 Å². The molecule has 0 spiro atoms. The van der Waals surface area contributed by atoms with Gasteiger partial charge in [-0.2, -0.15) is 0 Å². The van der Waals surface area contributed by atoms with E-state index in [0.717, 1.165) is 5.56 Å². The first-order valence-electron chi connectivity index (χ1n) is 9.40. The molecule has 0 bridgehead atoms. The van der Waals surface area contributed by atoms with Gasteiger partial charge in [0.25, 0.3) is 0 Å². The minimum absolute atomic E-state index is 0.106. The number of Topliss-reactive ketones (excluding diaryl/α,β-unsaturated/α-hetero) is 2. The zero-order valence-electron chi connectivity index (χ0n) is 15.5. The van der Waals surface area contributed by atoms with E-state index in [-0.39, 0.29) is 24.4 Å². The molecule has 0 saturated heterocycles. The molecule has 1 aromatic carbocycles. The number of ketones is 2. The fraction of sp³-hybridized carbons (Fsp3) is 0.318. The van der Waals surface area contributed by atoms with Crippen LogP contribution in [0.15, 0.2) is 66.0 Å². The van der Waals surface area contributed by atoms with Gasteiger partial charge in [-0.3, -0.25) is 14.4 Å². The number of nitrogens with one attached hydrogen (secondary N) is 1. The number of aliphatic carboxylic acids is 1. The van der Waals surface area contributed by atoms with Gasteiger partial charge in [0, 0.05) is 29.8 Å². The van der Waals surface area contributed by atoms with Crippen molar-refractivity contribution in [1.29, 1.82) is 0 Å². The van der Waals surface area contributed by atoms with Crippen molar-refractivity contribution in [3.63, 3.8) is 0 Å². The number of allylic oxidation sites excluding steroid dienone is 4. The number of carbonyl (C=O) groups is 3. The molecule has 0 amide bonds. The molecule has 6 heteroatoms. The van der Waals surface area contributed by atoms with E-state index in [1.54, 1.807) is 24.4 Å². The third-order valence-electron chi connectivity index (χ3n) is 5.25. The Morgan fingerprint density at radius 1 is 1.18 bits per heavy atom. The summed E-state index contributed by atoms with van der Waals surface area (Å²) in [5.41, 5.74) is 7.30. The summed E-state index contributed by atoms with van der Waals surface area (Å²) in [6.07, 6.45) is 8.03. The highest BCUT2D eigenvalue weighted by molar-refractivity contribution is 6.04. The summed E-state index contributed by atoms with van der Waals surface area (Å²) in [6.45, 7) is 0. The van der Waals surface area contributed by atoms with Crippen LogP contribution in [-0.2, 0) is 20.8 Å². The number of rotatable bonds is 6. The smallest absolute Gasteiger partial charge is 0.312 e. The molecule has 3 rings (SSSR count). The second-order valence-corrected chi connectivity index (χ2v) is 7.19. The molecule has 0 aromatic heterocycles. The number of nitrogens with two attached hydrogens (primary N) is 1. The number of benzene rings is 1. The molecule has 4 N–H and O–H groups in total. The summed E-state index contributed by atoms with van der Waals surface area (Å²) in [5, 5.41) is 12.9. The predicted molar refractivity (Wildman–Crippen MR) is 105 cm³/mol. The van der Waals surface area contributed by atoms with Crippen molar-refractivity contribution in [3.05, 3.63) is 71.6 Å². The van der Waals surface area contributed by atoms with Gasteiger partial charge in [-0.05, 0) is 37.0 Å². The molecule has 2 aliphatic rings. The summed E-state index contributed by atoms with van der Waals surface area (Å²) >= 11 is 0. The van der Waals surface area contributed by atoms with Crippen molar-refractivity contribution in [2.24, 2.45) is 17.6 Å². The third-order valence-corrected chi connectivity index (χ3v) is 5.25. The Labute approximate surface area is 163 Å². The lowest BCUT2D eigenvalue weighted by Gasteiger charge is -2.26. The Morgan fingerprint density at radius 2 is 1.93 bits per heavy atom. The van der Waals surface area contributed by atoms with Crippen molar-refractivity contribution in [1.82, 2.24) is 5.32 Å². The summed E-state index contributed by atoms with van der Waals surface area (Å²) in [6, 6.07) is 8.79. The minimum atomic E-state index is -1.01. The molecule has 1 heterocycles. The van der Waals surface area contributed by atoms with E-state index in [1.165, 1.54) is 0 Å². The van der Waals surface area contributed by atoms with Crippen molar-refractivity contribution >= 4 is 17.5 Å². The van der Waals surface area contributed by atoms with Gasteiger partial charge in [-0.25, -0.2) is 0 Å². The lowest BCUT2D eigenvalue weighted by molar-refractivity contribution is -0.140. The van der Waals surface area contributed by atoms with Gasteiger partial charge in [0.15, 0.2) is 5.78 Å². The summed E-state index contributed by atoms with van der Waals surface area (Å²) in [5.74, 6) is -2.71. The zero-order valence-corrected chi connectivity index (χ0v) is 15.5. The second kappa shape index (κ2) is 8.80. The number of carboxylic acid groups (broad SMARTS) is 1. The van der Waals surface area contributed by atoms with Gasteiger partial charge >= 0.3 is 5.97 Å². The average molecular weight is 380 g/mol. The van der Waals surface area contributed by atoms with E-state index in [9.17, 15) is 19.5 Å². The number of hydrogen-bond donors (Lipinski definition) is 3. The molecule has 1 aliphatic heterocycles. The van der Waals surface area contributed by atoms with Crippen molar-refractivity contribution in [2.45, 2.75) is 31.7 Å². The Balaban J connectivity index is 1.94. The van der Waals surface area contributed by atoms with Crippen LogP contribution in [0.4, 0.5) is 0 Å². The van der Waals surface area contributed by atoms with Crippen LogP contribution in [0.2, 0.25) is 0 Å². The topological polar surface area (TPSA) is 109 Å². The molecule has 1 aromatic rings. The Hall–Kier alpha value is -2.99. The van der Waals surface area contributed by atoms with Crippen LogP contribution in [0.1, 0.15) is 24.8 Å². The first-order chi connectivity index (χ1) is 13.5. The van der Waals surface area contributed by atoms with Crippen LogP contribution >= 0.6 is 0 Å². The van der Waals surface area contributed by atoms with Crippen LogP contribution in [0, 0.1) is 11.8 Å². The van der Waals surface area contributed by atoms with Crippen LogP contribution in [0.3, 0.4) is 0 Å². The maximum atomic E-state index is 13.2. The van der Waals surface area contributed by atoms with Gasteiger partial charge in [-0.1, -0.05) is 36.4 Å². The van der Waals surface area contributed by atoms with Crippen LogP contribution in [0.5, 0.6) is 0 Å². The maximum Gasteiger partial charge on any atom is 0.312 e. The highest BCUT2D eigenvalue weighted by atomic mass is 16.4. The normalized spacial score (nSPS) is 23.1. The second-order valence-electron chi connectivity index (χ2n) is 7.19. The highest BCUT2D eigenvalue weighted by Crippen LogP contribution is 2.29. The molecular weight excluding hydrogens is 356 g/mol. The lowest BCUT2D eigenvalue weighted by atomic mass is 9.79. The lowest BCUT2D eigenvalue weighted by Crippen LogP contribution is -2.39. The first-order valence-corrected chi connectivity index (χ1v) is 9.40. The number of carboxylic acids is 1. The third kappa shape index (κ3) is 4.46. The largest absolute Gasteiger partial charge is 0.481 e. The maximum absolute atomic E-state index is 13.2. The van der Waals surface area contributed by atoms with Crippen molar-refractivity contribution in [2.75, 3.05) is 0 Å². The Morgan fingerprint density at radius 3 is 2.61 bits per heavy atom. The van der Waals surface area contributed by atoms with Crippen molar-refractivity contribution < 1.29 is 19.5 Å².